The zero-order chi connectivity index (χ0) is 17.9. The maximum atomic E-state index is 12.4. The maximum absolute atomic E-state index is 12.4. The highest BCUT2D eigenvalue weighted by molar-refractivity contribution is 7.08. The van der Waals surface area contributed by atoms with Crippen LogP contribution in [0.25, 0.3) is 22.1 Å². The van der Waals surface area contributed by atoms with E-state index in [1.165, 1.54) is 6.07 Å². The molecule has 3 heterocycles. The van der Waals surface area contributed by atoms with Gasteiger partial charge in [0.1, 0.15) is 5.58 Å². The fourth-order valence-electron chi connectivity index (χ4n) is 2.66. The molecule has 0 radical (unpaired) electrons. The van der Waals surface area contributed by atoms with Gasteiger partial charge in [-0.3, -0.25) is 14.6 Å². The van der Waals surface area contributed by atoms with E-state index in [0.717, 1.165) is 16.7 Å². The van der Waals surface area contributed by atoms with Gasteiger partial charge in [-0.25, -0.2) is 0 Å². The Bertz CT molecular complexity index is 1130. The average Bonchev–Trinajstić information content (AvgIpc) is 3.21. The second-order valence-electron chi connectivity index (χ2n) is 5.75. The van der Waals surface area contributed by atoms with Crippen LogP contribution in [0.3, 0.4) is 0 Å². The molecule has 0 saturated carbocycles. The minimum Gasteiger partial charge on any atom is -0.451 e. The van der Waals surface area contributed by atoms with Gasteiger partial charge in [0.05, 0.1) is 5.39 Å². The summed E-state index contributed by atoms with van der Waals surface area (Å²) in [5.74, 6) is -0.440. The van der Waals surface area contributed by atoms with E-state index in [-0.39, 0.29) is 11.2 Å². The molecular formula is C20H14N2O3S. The number of carbonyl (C=O) groups excluding carboxylic acids is 1. The number of nitrogens with zero attached hydrogens (tertiary/aromatic N) is 1. The molecular weight excluding hydrogens is 348 g/mol. The molecule has 3 aromatic heterocycles. The Hall–Kier alpha value is -3.25. The average molecular weight is 362 g/mol. The summed E-state index contributed by atoms with van der Waals surface area (Å²) in [5.41, 5.74) is 3.11. The third-order valence-corrected chi connectivity index (χ3v) is 4.64. The van der Waals surface area contributed by atoms with Crippen molar-refractivity contribution >= 4 is 28.2 Å². The number of thiophene rings is 1. The maximum Gasteiger partial charge on any atom is 0.287 e. The highest BCUT2D eigenvalue weighted by Gasteiger charge is 2.12. The molecule has 0 atom stereocenters. The second-order valence-corrected chi connectivity index (χ2v) is 6.53. The third-order valence-electron chi connectivity index (χ3n) is 3.96. The number of hydrogen-bond acceptors (Lipinski definition) is 5. The van der Waals surface area contributed by atoms with E-state index in [9.17, 15) is 9.59 Å². The lowest BCUT2D eigenvalue weighted by atomic mass is 10.1. The number of amides is 1. The van der Waals surface area contributed by atoms with Crippen molar-refractivity contribution in [2.75, 3.05) is 0 Å². The van der Waals surface area contributed by atoms with Gasteiger partial charge in [0, 0.05) is 30.6 Å². The number of hydrogen-bond donors (Lipinski definition) is 1. The Morgan fingerprint density at radius 1 is 1.12 bits per heavy atom. The number of rotatable bonds is 4. The van der Waals surface area contributed by atoms with Gasteiger partial charge in [-0.2, -0.15) is 11.3 Å². The molecule has 4 aromatic rings. The summed E-state index contributed by atoms with van der Waals surface area (Å²) in [6, 6.07) is 12.1. The van der Waals surface area contributed by atoms with Crippen LogP contribution in [0.1, 0.15) is 16.1 Å². The van der Waals surface area contributed by atoms with Crippen molar-refractivity contribution in [1.29, 1.82) is 0 Å². The molecule has 0 fully saturated rings. The Morgan fingerprint density at radius 3 is 2.85 bits per heavy atom. The molecule has 4 rings (SSSR count). The second kappa shape index (κ2) is 6.93. The summed E-state index contributed by atoms with van der Waals surface area (Å²) in [7, 11) is 0. The smallest absolute Gasteiger partial charge is 0.287 e. The molecule has 0 saturated heterocycles. The summed E-state index contributed by atoms with van der Waals surface area (Å²) >= 11 is 1.62. The lowest BCUT2D eigenvalue weighted by molar-refractivity contribution is 0.0923. The summed E-state index contributed by atoms with van der Waals surface area (Å²) in [6.45, 7) is 0.292. The monoisotopic (exact) mass is 362 g/mol. The zero-order valence-electron chi connectivity index (χ0n) is 13.6. The first kappa shape index (κ1) is 16.2. The van der Waals surface area contributed by atoms with Gasteiger partial charge in [0.25, 0.3) is 5.91 Å². The SMILES string of the molecule is O=C(NCc1cncc(-c2ccsc2)c1)c1cc(=O)c2ccccc2o1. The van der Waals surface area contributed by atoms with E-state index in [4.69, 9.17) is 4.42 Å². The Morgan fingerprint density at radius 2 is 2.00 bits per heavy atom. The molecule has 0 aliphatic heterocycles. The lowest BCUT2D eigenvalue weighted by Crippen LogP contribution is -2.24. The van der Waals surface area contributed by atoms with Crippen LogP contribution in [-0.2, 0) is 6.54 Å². The molecule has 128 valence electrons. The summed E-state index contributed by atoms with van der Waals surface area (Å²) in [4.78, 5) is 28.7. The molecule has 5 nitrogen and oxygen atoms in total. The first-order chi connectivity index (χ1) is 12.7. The van der Waals surface area contributed by atoms with Crippen molar-refractivity contribution in [2.45, 2.75) is 6.54 Å². The standard InChI is InChI=1S/C20H14N2O3S/c23-17-8-19(25-18-4-2-1-3-16(17)18)20(24)22-10-13-7-15(11-21-9-13)14-5-6-26-12-14/h1-9,11-12H,10H2,(H,22,24). The van der Waals surface area contributed by atoms with Gasteiger partial charge in [-0.15, -0.1) is 0 Å². The quantitative estimate of drug-likeness (QED) is 0.599. The van der Waals surface area contributed by atoms with Crippen molar-refractivity contribution in [2.24, 2.45) is 0 Å². The van der Waals surface area contributed by atoms with Crippen molar-refractivity contribution in [3.05, 3.63) is 87.2 Å². The van der Waals surface area contributed by atoms with E-state index < -0.39 is 5.91 Å². The molecule has 0 spiro atoms. The van der Waals surface area contributed by atoms with E-state index in [0.29, 0.717) is 17.5 Å². The molecule has 1 aromatic carbocycles. The van der Waals surface area contributed by atoms with Crippen molar-refractivity contribution in [3.8, 4) is 11.1 Å². The van der Waals surface area contributed by atoms with Crippen LogP contribution in [0, 0.1) is 0 Å². The minimum absolute atomic E-state index is 0.00403. The van der Waals surface area contributed by atoms with Crippen LogP contribution in [0.2, 0.25) is 0 Å². The molecule has 0 unspecified atom stereocenters. The van der Waals surface area contributed by atoms with Gasteiger partial charge in [0.2, 0.25) is 0 Å². The Kier molecular flexibility index (Phi) is 4.33. The third kappa shape index (κ3) is 3.27. The first-order valence-electron chi connectivity index (χ1n) is 7.98. The number of pyridine rings is 1. The van der Waals surface area contributed by atoms with E-state index in [2.05, 4.69) is 10.3 Å². The number of aromatic nitrogens is 1. The number of carbonyl (C=O) groups is 1. The zero-order valence-corrected chi connectivity index (χ0v) is 14.5. The number of fused-ring (bicyclic) bond motifs is 1. The van der Waals surface area contributed by atoms with Crippen molar-refractivity contribution < 1.29 is 9.21 Å². The number of nitrogens with one attached hydrogen (secondary N) is 1. The highest BCUT2D eigenvalue weighted by atomic mass is 32.1. The Balaban J connectivity index is 1.53. The molecule has 1 amide bonds. The fraction of sp³-hybridized carbons (Fsp3) is 0.0500. The topological polar surface area (TPSA) is 72.2 Å². The van der Waals surface area contributed by atoms with Crippen molar-refractivity contribution in [1.82, 2.24) is 10.3 Å². The van der Waals surface area contributed by atoms with E-state index in [1.54, 1.807) is 48.0 Å². The Labute approximate surface area is 152 Å². The van der Waals surface area contributed by atoms with Crippen LogP contribution in [-0.4, -0.2) is 10.9 Å². The van der Waals surface area contributed by atoms with Gasteiger partial charge >= 0.3 is 0 Å². The number of benzene rings is 1. The van der Waals surface area contributed by atoms with Crippen LogP contribution in [0.5, 0.6) is 0 Å². The van der Waals surface area contributed by atoms with Gasteiger partial charge in [-0.05, 0) is 46.2 Å². The minimum atomic E-state index is -0.436. The van der Waals surface area contributed by atoms with Crippen LogP contribution < -0.4 is 10.7 Å². The summed E-state index contributed by atoms with van der Waals surface area (Å²) in [6.07, 6.45) is 3.49. The number of para-hydroxylation sites is 1. The van der Waals surface area contributed by atoms with Gasteiger partial charge in [-0.1, -0.05) is 12.1 Å². The van der Waals surface area contributed by atoms with Crippen molar-refractivity contribution in [3.63, 3.8) is 0 Å². The fourth-order valence-corrected chi connectivity index (χ4v) is 3.32. The summed E-state index contributed by atoms with van der Waals surface area (Å²) < 4.78 is 5.55. The molecule has 0 aliphatic rings. The molecule has 1 N–H and O–H groups in total. The largest absolute Gasteiger partial charge is 0.451 e. The van der Waals surface area contributed by atoms with Gasteiger partial charge < -0.3 is 9.73 Å². The van der Waals surface area contributed by atoms with Crippen LogP contribution in [0.15, 0.2) is 74.8 Å². The highest BCUT2D eigenvalue weighted by Crippen LogP contribution is 2.22. The summed E-state index contributed by atoms with van der Waals surface area (Å²) in [5, 5.41) is 7.28. The predicted molar refractivity (Wildman–Crippen MR) is 101 cm³/mol. The lowest BCUT2D eigenvalue weighted by Gasteiger charge is -2.07. The predicted octanol–water partition coefficient (Wildman–Crippen LogP) is 3.85. The van der Waals surface area contributed by atoms with E-state index in [1.807, 2.05) is 22.9 Å². The van der Waals surface area contributed by atoms with E-state index >= 15 is 0 Å². The molecule has 0 aliphatic carbocycles. The van der Waals surface area contributed by atoms with Gasteiger partial charge in [0.15, 0.2) is 11.2 Å². The van der Waals surface area contributed by atoms with Crippen LogP contribution >= 0.6 is 11.3 Å². The molecule has 26 heavy (non-hydrogen) atoms. The van der Waals surface area contributed by atoms with Crippen LogP contribution in [0.4, 0.5) is 0 Å². The molecule has 0 bridgehead atoms. The molecule has 6 heteroatoms. The normalized spacial score (nSPS) is 10.8. The first-order valence-corrected chi connectivity index (χ1v) is 8.92.